The lowest BCUT2D eigenvalue weighted by Gasteiger charge is -2.13. The van der Waals surface area contributed by atoms with E-state index in [4.69, 9.17) is 0 Å². The van der Waals surface area contributed by atoms with Crippen molar-refractivity contribution in [3.63, 3.8) is 0 Å². The first-order valence-corrected chi connectivity index (χ1v) is 3.23. The van der Waals surface area contributed by atoms with Crippen LogP contribution in [0, 0.1) is 0 Å². The molecule has 0 aliphatic carbocycles. The van der Waals surface area contributed by atoms with Gasteiger partial charge in [0.15, 0.2) is 0 Å². The highest BCUT2D eigenvalue weighted by atomic mass is 16.1. The smallest absolute Gasteiger partial charge is 0.220 e. The third-order valence-electron chi connectivity index (χ3n) is 1.59. The molecule has 1 aliphatic rings. The van der Waals surface area contributed by atoms with E-state index >= 15 is 0 Å². The van der Waals surface area contributed by atoms with E-state index in [0.717, 1.165) is 13.0 Å². The Kier molecular flexibility index (Phi) is 1.88. The van der Waals surface area contributed by atoms with Crippen LogP contribution in [0.2, 0.25) is 0 Å². The maximum atomic E-state index is 10.6. The quantitative estimate of drug-likeness (QED) is 0.477. The lowest BCUT2D eigenvalue weighted by Crippen LogP contribution is -2.29. The minimum atomic E-state index is 0.181. The largest absolute Gasteiger partial charge is 0.352 e. The summed E-state index contributed by atoms with van der Waals surface area (Å²) in [5.74, 6) is 0.181. The van der Waals surface area contributed by atoms with Crippen molar-refractivity contribution in [3.8, 4) is 0 Å². The summed E-state index contributed by atoms with van der Waals surface area (Å²) in [6.45, 7) is 2.77. The molecule has 9 heavy (non-hydrogen) atoms. The summed E-state index contributed by atoms with van der Waals surface area (Å²) in [7, 11) is 0. The Morgan fingerprint density at radius 1 is 1.56 bits per heavy atom. The number of rotatable bonds is 0. The number of allylic oxidation sites excluding steroid dienone is 1. The van der Waals surface area contributed by atoms with Crippen LogP contribution in [-0.4, -0.2) is 12.5 Å². The Morgan fingerprint density at radius 3 is 2.78 bits per heavy atom. The van der Waals surface area contributed by atoms with Crippen LogP contribution in [0.1, 0.15) is 19.8 Å². The summed E-state index contributed by atoms with van der Waals surface area (Å²) in [5.41, 5.74) is 1.34. The average molecular weight is 125 g/mol. The highest BCUT2D eigenvalue weighted by Gasteiger charge is 2.09. The van der Waals surface area contributed by atoms with Gasteiger partial charge in [0.2, 0.25) is 5.91 Å². The van der Waals surface area contributed by atoms with Gasteiger partial charge in [0.25, 0.3) is 0 Å². The molecule has 0 bridgehead atoms. The number of carbonyl (C=O) groups is 1. The zero-order valence-corrected chi connectivity index (χ0v) is 5.61. The van der Waals surface area contributed by atoms with Gasteiger partial charge in [-0.25, -0.2) is 0 Å². The van der Waals surface area contributed by atoms with Gasteiger partial charge in [0.05, 0.1) is 0 Å². The summed E-state index contributed by atoms with van der Waals surface area (Å²) in [5, 5.41) is 2.78. The molecule has 1 heterocycles. The van der Waals surface area contributed by atoms with E-state index in [-0.39, 0.29) is 5.91 Å². The molecule has 0 aromatic carbocycles. The normalized spacial score (nSPS) is 24.1. The van der Waals surface area contributed by atoms with E-state index in [2.05, 4.69) is 11.4 Å². The minimum absolute atomic E-state index is 0.181. The standard InChI is InChI=1S/C7H11NO/c1-2-6-3-4-7(9)8-5-6/h2H,3-5H2,1H3,(H,8,9)/b6-2-. The number of piperidine rings is 1. The Morgan fingerprint density at radius 2 is 2.33 bits per heavy atom. The Hall–Kier alpha value is -0.790. The first-order chi connectivity index (χ1) is 4.33. The van der Waals surface area contributed by atoms with Crippen LogP contribution in [0.5, 0.6) is 0 Å². The predicted octanol–water partition coefficient (Wildman–Crippen LogP) is 0.843. The molecule has 0 aromatic rings. The first kappa shape index (κ1) is 6.33. The van der Waals surface area contributed by atoms with Crippen molar-refractivity contribution in [2.45, 2.75) is 19.8 Å². The molecule has 0 unspecified atom stereocenters. The molecule has 1 N–H and O–H groups in total. The fraction of sp³-hybridized carbons (Fsp3) is 0.571. The van der Waals surface area contributed by atoms with Crippen LogP contribution in [0.25, 0.3) is 0 Å². The molecule has 0 saturated carbocycles. The molecule has 0 aromatic heterocycles. The summed E-state index contributed by atoms with van der Waals surface area (Å²) < 4.78 is 0. The van der Waals surface area contributed by atoms with E-state index < -0.39 is 0 Å². The lowest BCUT2D eigenvalue weighted by molar-refractivity contribution is -0.121. The zero-order valence-electron chi connectivity index (χ0n) is 5.61. The topological polar surface area (TPSA) is 29.1 Å². The Labute approximate surface area is 54.9 Å². The summed E-state index contributed by atoms with van der Waals surface area (Å²) in [4.78, 5) is 10.6. The van der Waals surface area contributed by atoms with Crippen molar-refractivity contribution in [2.24, 2.45) is 0 Å². The van der Waals surface area contributed by atoms with Gasteiger partial charge < -0.3 is 5.32 Å². The second kappa shape index (κ2) is 2.67. The Balaban J connectivity index is 2.44. The Bertz CT molecular complexity index is 137. The fourth-order valence-electron chi connectivity index (χ4n) is 0.909. The van der Waals surface area contributed by atoms with Crippen LogP contribution in [0.4, 0.5) is 0 Å². The summed E-state index contributed by atoms with van der Waals surface area (Å²) in [6.07, 6.45) is 3.68. The first-order valence-electron chi connectivity index (χ1n) is 3.23. The zero-order chi connectivity index (χ0) is 6.69. The SMILES string of the molecule is C/C=C1/CCC(=O)NC1. The molecule has 1 fully saturated rings. The number of hydrogen-bond donors (Lipinski definition) is 1. The van der Waals surface area contributed by atoms with E-state index in [1.54, 1.807) is 0 Å². The molecule has 1 amide bonds. The van der Waals surface area contributed by atoms with Gasteiger partial charge in [-0.05, 0) is 13.3 Å². The monoisotopic (exact) mass is 125 g/mol. The molecule has 0 radical (unpaired) electrons. The van der Waals surface area contributed by atoms with Crippen molar-refractivity contribution >= 4 is 5.91 Å². The van der Waals surface area contributed by atoms with Gasteiger partial charge in [-0.1, -0.05) is 11.6 Å². The molecule has 0 spiro atoms. The minimum Gasteiger partial charge on any atom is -0.352 e. The molecule has 2 heteroatoms. The number of hydrogen-bond acceptors (Lipinski definition) is 1. The highest BCUT2D eigenvalue weighted by Crippen LogP contribution is 2.07. The van der Waals surface area contributed by atoms with Crippen LogP contribution >= 0.6 is 0 Å². The van der Waals surface area contributed by atoms with E-state index in [1.807, 2.05) is 6.92 Å². The third kappa shape index (κ3) is 1.56. The second-order valence-corrected chi connectivity index (χ2v) is 2.22. The van der Waals surface area contributed by atoms with Gasteiger partial charge in [0, 0.05) is 13.0 Å². The molecule has 0 atom stereocenters. The molecular weight excluding hydrogens is 114 g/mol. The van der Waals surface area contributed by atoms with Crippen molar-refractivity contribution in [1.82, 2.24) is 5.32 Å². The number of carbonyl (C=O) groups excluding carboxylic acids is 1. The molecule has 2 nitrogen and oxygen atoms in total. The van der Waals surface area contributed by atoms with Crippen LogP contribution in [0.15, 0.2) is 11.6 Å². The molecule has 1 saturated heterocycles. The maximum Gasteiger partial charge on any atom is 0.220 e. The number of amides is 1. The van der Waals surface area contributed by atoms with Crippen molar-refractivity contribution in [2.75, 3.05) is 6.54 Å². The van der Waals surface area contributed by atoms with Gasteiger partial charge in [-0.3, -0.25) is 4.79 Å². The van der Waals surface area contributed by atoms with Crippen molar-refractivity contribution in [3.05, 3.63) is 11.6 Å². The second-order valence-electron chi connectivity index (χ2n) is 2.22. The molecule has 50 valence electrons. The summed E-state index contributed by atoms with van der Waals surface area (Å²) >= 11 is 0. The number of nitrogens with one attached hydrogen (secondary N) is 1. The van der Waals surface area contributed by atoms with E-state index in [1.165, 1.54) is 5.57 Å². The highest BCUT2D eigenvalue weighted by molar-refractivity contribution is 5.77. The van der Waals surface area contributed by atoms with E-state index in [0.29, 0.717) is 6.42 Å². The van der Waals surface area contributed by atoms with Crippen LogP contribution < -0.4 is 5.32 Å². The van der Waals surface area contributed by atoms with Crippen LogP contribution in [0.3, 0.4) is 0 Å². The maximum absolute atomic E-state index is 10.6. The third-order valence-corrected chi connectivity index (χ3v) is 1.59. The van der Waals surface area contributed by atoms with Crippen molar-refractivity contribution in [1.29, 1.82) is 0 Å². The predicted molar refractivity (Wildman–Crippen MR) is 36.0 cm³/mol. The molecule has 1 aliphatic heterocycles. The molecule has 1 rings (SSSR count). The van der Waals surface area contributed by atoms with Crippen LogP contribution in [-0.2, 0) is 4.79 Å². The average Bonchev–Trinajstić information content (AvgIpc) is 1.90. The lowest BCUT2D eigenvalue weighted by atomic mass is 10.1. The van der Waals surface area contributed by atoms with Gasteiger partial charge in [0.1, 0.15) is 0 Å². The van der Waals surface area contributed by atoms with Crippen molar-refractivity contribution < 1.29 is 4.79 Å². The van der Waals surface area contributed by atoms with Gasteiger partial charge in [-0.2, -0.15) is 0 Å². The fourth-order valence-corrected chi connectivity index (χ4v) is 0.909. The van der Waals surface area contributed by atoms with E-state index in [9.17, 15) is 4.79 Å². The van der Waals surface area contributed by atoms with Gasteiger partial charge >= 0.3 is 0 Å². The summed E-state index contributed by atoms with van der Waals surface area (Å²) in [6, 6.07) is 0. The molecular formula is C7H11NO. The van der Waals surface area contributed by atoms with Gasteiger partial charge in [-0.15, -0.1) is 0 Å².